The van der Waals surface area contributed by atoms with Crippen molar-refractivity contribution in [1.29, 1.82) is 0 Å². The van der Waals surface area contributed by atoms with Gasteiger partial charge in [-0.3, -0.25) is 14.2 Å². The molecule has 58 heavy (non-hydrogen) atoms. The number of hydrogen-bond acceptors (Lipinski definition) is 10. The first-order valence-corrected chi connectivity index (χ1v) is 23.6. The molecule has 0 radical (unpaired) electrons. The number of allylic oxidation sites excluding steroid dienone is 5. The van der Waals surface area contributed by atoms with Crippen LogP contribution < -0.4 is 4.89 Å². The molecule has 1 rings (SSSR count). The fourth-order valence-corrected chi connectivity index (χ4v) is 6.92. The predicted molar refractivity (Wildman–Crippen MR) is 231 cm³/mol. The summed E-state index contributed by atoms with van der Waals surface area (Å²) in [7, 11) is 1.08. The molecular weight excluding hydrogens is 757 g/mol. The summed E-state index contributed by atoms with van der Waals surface area (Å²) >= 11 is 0. The summed E-state index contributed by atoms with van der Waals surface area (Å²) in [6, 6.07) is 0. The average Bonchev–Trinajstić information content (AvgIpc) is 3.43. The number of aryl methyl sites for hydroxylation is 2. The molecule has 0 bridgehead atoms. The Morgan fingerprint density at radius 3 is 1.97 bits per heavy atom. The monoisotopic (exact) mass is 838 g/mol. The summed E-state index contributed by atoms with van der Waals surface area (Å²) in [5.41, 5.74) is 2.58. The number of aliphatic hydroxyl groups excluding tert-OH is 1. The molecular formula is C46H80NO10P. The van der Waals surface area contributed by atoms with Gasteiger partial charge in [0.1, 0.15) is 31.3 Å². The molecule has 1 heterocycles. The molecule has 0 fully saturated rings. The number of quaternary nitrogens is 1. The lowest BCUT2D eigenvalue weighted by Gasteiger charge is -2.28. The predicted octanol–water partition coefficient (Wildman–Crippen LogP) is 10.1. The Morgan fingerprint density at radius 1 is 0.759 bits per heavy atom. The molecule has 334 valence electrons. The lowest BCUT2D eigenvalue weighted by atomic mass is 10.0. The zero-order valence-corrected chi connectivity index (χ0v) is 38.2. The molecule has 0 aliphatic rings. The average molecular weight is 838 g/mol. The van der Waals surface area contributed by atoms with E-state index in [9.17, 15) is 24.2 Å². The van der Waals surface area contributed by atoms with Gasteiger partial charge in [-0.25, -0.2) is 0 Å². The topological polar surface area (TPSA) is 145 Å². The van der Waals surface area contributed by atoms with Crippen molar-refractivity contribution in [2.45, 2.75) is 175 Å². The van der Waals surface area contributed by atoms with Crippen LogP contribution >= 0.6 is 7.82 Å². The van der Waals surface area contributed by atoms with Gasteiger partial charge in [0.05, 0.1) is 33.9 Å². The van der Waals surface area contributed by atoms with E-state index in [4.69, 9.17) is 22.9 Å². The Labute approximate surface area is 351 Å². The Bertz CT molecular complexity index is 1380. The van der Waals surface area contributed by atoms with Gasteiger partial charge >= 0.3 is 11.9 Å². The number of phosphoric ester groups is 1. The molecule has 0 aliphatic carbocycles. The molecule has 0 amide bonds. The van der Waals surface area contributed by atoms with Crippen LogP contribution in [0.4, 0.5) is 0 Å². The number of carbonyl (C=O) groups excluding carboxylic acids is 2. The highest BCUT2D eigenvalue weighted by molar-refractivity contribution is 7.45. The van der Waals surface area contributed by atoms with E-state index in [1.807, 2.05) is 33.3 Å². The Morgan fingerprint density at radius 2 is 1.34 bits per heavy atom. The summed E-state index contributed by atoms with van der Waals surface area (Å²) in [5, 5.41) is 10.1. The Kier molecular flexibility index (Phi) is 29.8. The number of nitrogens with zero attached hydrogens (tertiary/aromatic N) is 1. The minimum atomic E-state index is -4.67. The maximum atomic E-state index is 12.8. The number of rotatable bonds is 36. The summed E-state index contributed by atoms with van der Waals surface area (Å²) in [6.45, 7) is 8.21. The van der Waals surface area contributed by atoms with Crippen molar-refractivity contribution in [3.05, 3.63) is 59.1 Å². The lowest BCUT2D eigenvalue weighted by Crippen LogP contribution is -2.37. The first-order chi connectivity index (χ1) is 27.7. The van der Waals surface area contributed by atoms with Crippen LogP contribution in [-0.4, -0.2) is 81.2 Å². The third-order valence-corrected chi connectivity index (χ3v) is 10.9. The van der Waals surface area contributed by atoms with Gasteiger partial charge < -0.3 is 37.4 Å². The molecule has 1 aromatic heterocycles. The normalized spacial score (nSPS) is 14.4. The van der Waals surface area contributed by atoms with Gasteiger partial charge in [-0.2, -0.15) is 0 Å². The molecule has 12 heteroatoms. The second-order valence-corrected chi connectivity index (χ2v) is 17.9. The molecule has 3 atom stereocenters. The molecule has 1 aromatic rings. The van der Waals surface area contributed by atoms with E-state index in [0.29, 0.717) is 30.3 Å². The van der Waals surface area contributed by atoms with Crippen LogP contribution in [0, 0.1) is 13.8 Å². The van der Waals surface area contributed by atoms with E-state index >= 15 is 0 Å². The van der Waals surface area contributed by atoms with E-state index in [1.54, 1.807) is 6.08 Å². The second-order valence-electron chi connectivity index (χ2n) is 16.5. The summed E-state index contributed by atoms with van der Waals surface area (Å²) in [4.78, 5) is 37.7. The molecule has 0 aliphatic heterocycles. The minimum Gasteiger partial charge on any atom is -0.756 e. The Balaban J connectivity index is 2.43. The van der Waals surface area contributed by atoms with Crippen molar-refractivity contribution >= 4 is 19.8 Å². The number of phosphoric acid groups is 1. The zero-order chi connectivity index (χ0) is 43.1. The summed E-state index contributed by atoms with van der Waals surface area (Å²) in [5.74, 6) is 1.31. The summed E-state index contributed by atoms with van der Waals surface area (Å²) < 4.78 is 40.1. The second kappa shape index (κ2) is 32.3. The van der Waals surface area contributed by atoms with E-state index < -0.39 is 38.6 Å². The van der Waals surface area contributed by atoms with Crippen molar-refractivity contribution in [2.24, 2.45) is 0 Å². The fraction of sp³-hybridized carbons (Fsp3) is 0.739. The van der Waals surface area contributed by atoms with E-state index in [-0.39, 0.29) is 26.1 Å². The van der Waals surface area contributed by atoms with E-state index in [2.05, 4.69) is 45.9 Å². The van der Waals surface area contributed by atoms with Crippen LogP contribution in [0.2, 0.25) is 0 Å². The first-order valence-electron chi connectivity index (χ1n) is 22.2. The van der Waals surface area contributed by atoms with Crippen molar-refractivity contribution in [1.82, 2.24) is 0 Å². The molecule has 0 saturated carbocycles. The maximum Gasteiger partial charge on any atom is 0.306 e. The third-order valence-electron chi connectivity index (χ3n) is 9.98. The van der Waals surface area contributed by atoms with Gasteiger partial charge in [-0.05, 0) is 69.9 Å². The van der Waals surface area contributed by atoms with Gasteiger partial charge in [-0.15, -0.1) is 0 Å². The number of aliphatic hydroxyl groups is 1. The number of ether oxygens (including phenoxy) is 2. The number of esters is 2. The Hall–Kier alpha value is -2.53. The maximum absolute atomic E-state index is 12.8. The zero-order valence-electron chi connectivity index (χ0n) is 37.3. The minimum absolute atomic E-state index is 0.0570. The van der Waals surface area contributed by atoms with Crippen molar-refractivity contribution in [2.75, 3.05) is 47.5 Å². The first kappa shape index (κ1) is 53.5. The third kappa shape index (κ3) is 28.8. The van der Waals surface area contributed by atoms with Crippen molar-refractivity contribution in [3.63, 3.8) is 0 Å². The van der Waals surface area contributed by atoms with Crippen molar-refractivity contribution < 1.29 is 51.6 Å². The van der Waals surface area contributed by atoms with Crippen LogP contribution in [-0.2, 0) is 45.5 Å². The van der Waals surface area contributed by atoms with Gasteiger partial charge in [0, 0.05) is 25.7 Å². The number of likely N-dealkylation sites (N-methyl/N-ethyl adjacent to an activating group) is 1. The molecule has 0 saturated heterocycles. The van der Waals surface area contributed by atoms with Gasteiger partial charge in [0.15, 0.2) is 6.10 Å². The van der Waals surface area contributed by atoms with Crippen LogP contribution in [0.1, 0.15) is 158 Å². The van der Waals surface area contributed by atoms with Crippen LogP contribution in [0.15, 0.2) is 40.9 Å². The SMILES string of the molecule is CC/C=C/C/C=C/C=C/C(O)CCCCCCCC(=O)OC[C@H](COP(=O)([O-])OCC[N+](C)(C)C)OC(=O)CCCCCCCCc1oc(CCCCC)c(C)c1C. The fourth-order valence-electron chi connectivity index (χ4n) is 6.19. The smallest absolute Gasteiger partial charge is 0.306 e. The van der Waals surface area contributed by atoms with Gasteiger partial charge in [-0.1, -0.05) is 115 Å². The highest BCUT2D eigenvalue weighted by Crippen LogP contribution is 2.38. The standard InChI is InChI=1S/C46H80NO10P/c1-8-10-12-13-14-18-24-29-41(48)30-25-19-17-22-27-33-45(49)53-37-42(38-55-58(51,52)54-36-35-47(5,6)7)56-46(50)34-28-21-16-15-20-26-32-44-40(4)39(3)43(57-44)31-23-11-9-2/h10,12,14,18,24,29,41-42,48H,8-9,11,13,15-17,19-23,25-28,30-38H2,1-7H3/b12-10+,18-14+,29-24+/t41?,42-/m1/s1. The van der Waals surface area contributed by atoms with Crippen LogP contribution in [0.25, 0.3) is 0 Å². The molecule has 11 nitrogen and oxygen atoms in total. The lowest BCUT2D eigenvalue weighted by molar-refractivity contribution is -0.870. The van der Waals surface area contributed by atoms with E-state index in [1.165, 1.54) is 30.4 Å². The molecule has 0 spiro atoms. The van der Waals surface area contributed by atoms with E-state index in [0.717, 1.165) is 95.0 Å². The molecule has 2 unspecified atom stereocenters. The number of hydrogen-bond donors (Lipinski definition) is 1. The highest BCUT2D eigenvalue weighted by Gasteiger charge is 2.22. The van der Waals surface area contributed by atoms with Crippen LogP contribution in [0.3, 0.4) is 0 Å². The summed E-state index contributed by atoms with van der Waals surface area (Å²) in [6.07, 6.45) is 28.8. The highest BCUT2D eigenvalue weighted by atomic mass is 31.2. The largest absolute Gasteiger partial charge is 0.756 e. The molecule has 1 N–H and O–H groups in total. The molecule has 0 aromatic carbocycles. The van der Waals surface area contributed by atoms with Gasteiger partial charge in [0.2, 0.25) is 0 Å². The van der Waals surface area contributed by atoms with Gasteiger partial charge in [0.25, 0.3) is 7.82 Å². The van der Waals surface area contributed by atoms with Crippen molar-refractivity contribution in [3.8, 4) is 0 Å². The quantitative estimate of drug-likeness (QED) is 0.0173. The number of unbranched alkanes of at least 4 members (excludes halogenated alkanes) is 11. The number of carbonyl (C=O) groups is 2. The number of furan rings is 1. The van der Waals surface area contributed by atoms with Crippen LogP contribution in [0.5, 0.6) is 0 Å².